The summed E-state index contributed by atoms with van der Waals surface area (Å²) in [5, 5.41) is 6.12. The fourth-order valence-electron chi connectivity index (χ4n) is 5.62. The van der Waals surface area contributed by atoms with Crippen molar-refractivity contribution >= 4 is 34.6 Å². The summed E-state index contributed by atoms with van der Waals surface area (Å²) in [5.41, 5.74) is 5.67. The Labute approximate surface area is 254 Å². The lowest BCUT2D eigenvalue weighted by Crippen LogP contribution is -2.44. The number of aromatic nitrogens is 2. The molecule has 0 bridgehead atoms. The number of anilines is 5. The number of aryl methyl sites for hydroxylation is 1. The summed E-state index contributed by atoms with van der Waals surface area (Å²) in [6.07, 6.45) is -1.95. The van der Waals surface area contributed by atoms with Crippen molar-refractivity contribution in [3.63, 3.8) is 0 Å². The van der Waals surface area contributed by atoms with Gasteiger partial charge in [0.25, 0.3) is 5.91 Å². The first-order valence-electron chi connectivity index (χ1n) is 14.6. The zero-order chi connectivity index (χ0) is 30.8. The molecule has 228 valence electrons. The Morgan fingerprint density at radius 1 is 0.886 bits per heavy atom. The molecular weight excluding hydrogens is 567 g/mol. The number of nitrogens with zero attached hydrogens (tertiary/aromatic N) is 5. The van der Waals surface area contributed by atoms with Gasteiger partial charge in [0.2, 0.25) is 5.95 Å². The third-order valence-corrected chi connectivity index (χ3v) is 8.16. The number of carbonyl (C=O) groups excluding carboxylic acids is 1. The van der Waals surface area contributed by atoms with Crippen molar-refractivity contribution in [1.82, 2.24) is 14.9 Å². The minimum absolute atomic E-state index is 0.0542. The monoisotopic (exact) mass is 601 g/mol. The van der Waals surface area contributed by atoms with Crippen LogP contribution in [0.5, 0.6) is 0 Å². The van der Waals surface area contributed by atoms with Crippen molar-refractivity contribution in [2.24, 2.45) is 0 Å². The third kappa shape index (κ3) is 6.62. The van der Waals surface area contributed by atoms with Gasteiger partial charge >= 0.3 is 6.18 Å². The molecule has 1 fully saturated rings. The fraction of sp³-hybridized carbons (Fsp3) is 0.303. The van der Waals surface area contributed by atoms with Crippen LogP contribution >= 0.6 is 0 Å². The Morgan fingerprint density at radius 2 is 1.68 bits per heavy atom. The van der Waals surface area contributed by atoms with E-state index in [0.717, 1.165) is 66.5 Å². The number of likely N-dealkylation sites (N-methyl/N-ethyl adjacent to an activating group) is 1. The van der Waals surface area contributed by atoms with E-state index in [1.807, 2.05) is 37.4 Å². The van der Waals surface area contributed by atoms with Gasteiger partial charge in [0.15, 0.2) is 0 Å². The molecule has 8 nitrogen and oxygen atoms in total. The Bertz CT molecular complexity index is 1670. The van der Waals surface area contributed by atoms with E-state index in [4.69, 9.17) is 4.98 Å². The minimum Gasteiger partial charge on any atom is -0.369 e. The first-order chi connectivity index (χ1) is 21.1. The van der Waals surface area contributed by atoms with E-state index >= 15 is 0 Å². The Balaban J connectivity index is 1.13. The molecule has 0 unspecified atom stereocenters. The predicted molar refractivity (Wildman–Crippen MR) is 167 cm³/mol. The van der Waals surface area contributed by atoms with E-state index in [1.54, 1.807) is 6.07 Å². The first kappa shape index (κ1) is 29.4. The molecule has 2 aliphatic rings. The first-order valence-corrected chi connectivity index (χ1v) is 14.6. The lowest BCUT2D eigenvalue weighted by Gasteiger charge is -2.34. The van der Waals surface area contributed by atoms with Crippen molar-refractivity contribution in [3.8, 4) is 0 Å². The molecule has 0 radical (unpaired) electrons. The largest absolute Gasteiger partial charge is 0.416 e. The molecule has 11 heteroatoms. The SMILES string of the molecule is Cc1ccc(NC(=O)c2cccc(C(F)(F)F)c2)cc1N1CCc2nc(Nc3cccc(N4CCN(C)CC4)c3)ncc2C1. The van der Waals surface area contributed by atoms with Crippen molar-refractivity contribution in [2.75, 3.05) is 60.2 Å². The number of piperazine rings is 1. The maximum absolute atomic E-state index is 13.1. The molecule has 1 saturated heterocycles. The van der Waals surface area contributed by atoms with Gasteiger partial charge in [0, 0.05) is 85.8 Å². The Kier molecular flexibility index (Phi) is 8.13. The van der Waals surface area contributed by atoms with Crippen LogP contribution in [-0.2, 0) is 19.1 Å². The Morgan fingerprint density at radius 3 is 2.48 bits per heavy atom. The number of nitrogens with one attached hydrogen (secondary N) is 2. The summed E-state index contributed by atoms with van der Waals surface area (Å²) in [6.45, 7) is 7.38. The molecule has 3 heterocycles. The van der Waals surface area contributed by atoms with Crippen molar-refractivity contribution in [3.05, 3.63) is 101 Å². The molecule has 0 atom stereocenters. The van der Waals surface area contributed by atoms with Crippen LogP contribution in [-0.4, -0.2) is 60.5 Å². The van der Waals surface area contributed by atoms with E-state index in [1.165, 1.54) is 17.8 Å². The van der Waals surface area contributed by atoms with Gasteiger partial charge in [0.1, 0.15) is 0 Å². The number of hydrogen-bond acceptors (Lipinski definition) is 7. The van der Waals surface area contributed by atoms with Gasteiger partial charge in [-0.25, -0.2) is 9.97 Å². The fourth-order valence-corrected chi connectivity index (χ4v) is 5.62. The summed E-state index contributed by atoms with van der Waals surface area (Å²) in [7, 11) is 2.15. The number of fused-ring (bicyclic) bond motifs is 1. The predicted octanol–water partition coefficient (Wildman–Crippen LogP) is 6.11. The normalized spacial score (nSPS) is 15.6. The summed E-state index contributed by atoms with van der Waals surface area (Å²) in [4.78, 5) is 29.1. The molecule has 3 aromatic carbocycles. The average Bonchev–Trinajstić information content (AvgIpc) is 3.02. The highest BCUT2D eigenvalue weighted by Crippen LogP contribution is 2.32. The molecule has 0 spiro atoms. The van der Waals surface area contributed by atoms with Crippen molar-refractivity contribution in [1.29, 1.82) is 0 Å². The molecule has 6 rings (SSSR count). The second-order valence-electron chi connectivity index (χ2n) is 11.3. The molecule has 0 saturated carbocycles. The molecule has 1 amide bonds. The van der Waals surface area contributed by atoms with E-state index in [9.17, 15) is 18.0 Å². The number of benzene rings is 3. The molecular formula is C33H34F3N7O. The zero-order valence-electron chi connectivity index (χ0n) is 24.7. The van der Waals surface area contributed by atoms with Crippen LogP contribution in [0.25, 0.3) is 0 Å². The summed E-state index contributed by atoms with van der Waals surface area (Å²) >= 11 is 0. The van der Waals surface area contributed by atoms with Gasteiger partial charge in [-0.15, -0.1) is 0 Å². The van der Waals surface area contributed by atoms with Gasteiger partial charge in [0.05, 0.1) is 11.3 Å². The van der Waals surface area contributed by atoms with Crippen LogP contribution in [0.4, 0.5) is 41.9 Å². The van der Waals surface area contributed by atoms with Crippen molar-refractivity contribution < 1.29 is 18.0 Å². The van der Waals surface area contributed by atoms with Crippen LogP contribution in [0.1, 0.15) is 32.7 Å². The second kappa shape index (κ2) is 12.2. The summed E-state index contributed by atoms with van der Waals surface area (Å²) in [5.74, 6) is -0.0411. The third-order valence-electron chi connectivity index (χ3n) is 8.16. The van der Waals surface area contributed by atoms with Crippen molar-refractivity contribution in [2.45, 2.75) is 26.1 Å². The summed E-state index contributed by atoms with van der Waals surface area (Å²) < 4.78 is 39.4. The highest BCUT2D eigenvalue weighted by molar-refractivity contribution is 6.04. The van der Waals surface area contributed by atoms with Crippen LogP contribution in [0.15, 0.2) is 72.9 Å². The Hall–Kier alpha value is -4.64. The van der Waals surface area contributed by atoms with Crippen LogP contribution in [0.3, 0.4) is 0 Å². The van der Waals surface area contributed by atoms with Gasteiger partial charge in [-0.1, -0.05) is 18.2 Å². The molecule has 4 aromatic rings. The number of halogens is 3. The van der Waals surface area contributed by atoms with E-state index in [-0.39, 0.29) is 5.56 Å². The maximum atomic E-state index is 13.1. The highest BCUT2D eigenvalue weighted by atomic mass is 19.4. The second-order valence-corrected chi connectivity index (χ2v) is 11.3. The number of carbonyl (C=O) groups is 1. The lowest BCUT2D eigenvalue weighted by atomic mass is 10.0. The lowest BCUT2D eigenvalue weighted by molar-refractivity contribution is -0.137. The van der Waals surface area contributed by atoms with Crippen LogP contribution < -0.4 is 20.4 Å². The minimum atomic E-state index is -4.52. The standard InChI is InChI=1S/C33H34F3N7O/c1-22-9-10-27(38-31(44)23-5-3-6-25(17-23)33(34,35)36)19-30(22)43-12-11-29-24(21-43)20-37-32(40-29)39-26-7-4-8-28(18-26)42-15-13-41(2)14-16-42/h3-10,17-20H,11-16,21H2,1-2H3,(H,38,44)(H,37,39,40). The molecule has 2 N–H and O–H groups in total. The number of amides is 1. The number of alkyl halides is 3. The number of rotatable bonds is 6. The molecule has 2 aliphatic heterocycles. The molecule has 1 aromatic heterocycles. The van der Waals surface area contributed by atoms with Crippen LogP contribution in [0, 0.1) is 6.92 Å². The molecule has 44 heavy (non-hydrogen) atoms. The topological polar surface area (TPSA) is 76.6 Å². The van der Waals surface area contributed by atoms with E-state index in [2.05, 4.69) is 49.5 Å². The summed E-state index contributed by atoms with van der Waals surface area (Å²) in [6, 6.07) is 18.3. The molecule has 0 aliphatic carbocycles. The number of hydrogen-bond donors (Lipinski definition) is 2. The zero-order valence-corrected chi connectivity index (χ0v) is 24.7. The quantitative estimate of drug-likeness (QED) is 0.276. The van der Waals surface area contributed by atoms with Gasteiger partial charge < -0.3 is 25.3 Å². The van der Waals surface area contributed by atoms with E-state index < -0.39 is 17.6 Å². The van der Waals surface area contributed by atoms with Gasteiger partial charge in [-0.2, -0.15) is 13.2 Å². The van der Waals surface area contributed by atoms with Crippen LogP contribution in [0.2, 0.25) is 0 Å². The maximum Gasteiger partial charge on any atom is 0.416 e. The van der Waals surface area contributed by atoms with E-state index in [0.29, 0.717) is 31.1 Å². The average molecular weight is 602 g/mol. The van der Waals surface area contributed by atoms with Gasteiger partial charge in [-0.3, -0.25) is 4.79 Å². The van der Waals surface area contributed by atoms with Gasteiger partial charge in [-0.05, 0) is 68.1 Å². The highest BCUT2D eigenvalue weighted by Gasteiger charge is 2.31. The smallest absolute Gasteiger partial charge is 0.369 e.